The standard InChI is InChI=1S/C42H72N4O2/c1-35-27-37-31-43-23-19-15-11-7-3-5-9-13-17-21-25-45-33-39-29-36(2)30-40(42(39)48)34-46-26-22-18-14-10-6-4-8-12-16-20-24-44-32-38(28-35)41(37)47/h27-30,43-48H,3-26,31-34H2,1-2H3. The van der Waals surface area contributed by atoms with E-state index in [1.807, 2.05) is 0 Å². The Hall–Kier alpha value is -2.12. The molecule has 2 aromatic carbocycles. The van der Waals surface area contributed by atoms with Crippen LogP contribution in [-0.2, 0) is 26.2 Å². The topological polar surface area (TPSA) is 88.6 Å². The molecule has 1 aliphatic rings. The molecule has 6 nitrogen and oxygen atoms in total. The molecule has 0 saturated carbocycles. The minimum Gasteiger partial charge on any atom is -0.507 e. The number of hydrogen-bond donors (Lipinski definition) is 6. The summed E-state index contributed by atoms with van der Waals surface area (Å²) >= 11 is 0. The summed E-state index contributed by atoms with van der Waals surface area (Å²) in [5.41, 5.74) is 6.55. The summed E-state index contributed by atoms with van der Waals surface area (Å²) in [6.07, 6.45) is 26.0. The van der Waals surface area contributed by atoms with E-state index in [4.69, 9.17) is 0 Å². The summed E-state index contributed by atoms with van der Waals surface area (Å²) < 4.78 is 0. The van der Waals surface area contributed by atoms with Crippen molar-refractivity contribution >= 4 is 0 Å². The normalized spacial score (nSPS) is 19.9. The van der Waals surface area contributed by atoms with Gasteiger partial charge in [0.1, 0.15) is 11.5 Å². The van der Waals surface area contributed by atoms with Crippen molar-refractivity contribution in [2.24, 2.45) is 0 Å². The van der Waals surface area contributed by atoms with E-state index in [0.717, 1.165) is 74.6 Å². The van der Waals surface area contributed by atoms with Gasteiger partial charge in [-0.25, -0.2) is 0 Å². The highest BCUT2D eigenvalue weighted by Gasteiger charge is 2.10. The van der Waals surface area contributed by atoms with E-state index >= 15 is 0 Å². The van der Waals surface area contributed by atoms with E-state index in [1.54, 1.807) is 0 Å². The summed E-state index contributed by atoms with van der Waals surface area (Å²) in [5, 5.41) is 36.1. The molecule has 1 heterocycles. The van der Waals surface area contributed by atoms with Gasteiger partial charge in [0.15, 0.2) is 0 Å². The van der Waals surface area contributed by atoms with Crippen molar-refractivity contribution < 1.29 is 10.2 Å². The average Bonchev–Trinajstić information content (AvgIpc) is 3.07. The lowest BCUT2D eigenvalue weighted by molar-refractivity contribution is 0.451. The van der Waals surface area contributed by atoms with Crippen molar-refractivity contribution in [3.63, 3.8) is 0 Å². The number of fused-ring (bicyclic) bond motifs is 4. The number of nitrogens with one attached hydrogen (secondary N) is 4. The number of aromatic hydroxyl groups is 2. The predicted octanol–water partition coefficient (Wildman–Crippen LogP) is 9.59. The van der Waals surface area contributed by atoms with Crippen LogP contribution in [0.4, 0.5) is 0 Å². The first-order valence-electron chi connectivity index (χ1n) is 20.0. The van der Waals surface area contributed by atoms with Gasteiger partial charge < -0.3 is 31.5 Å². The van der Waals surface area contributed by atoms with Crippen LogP contribution < -0.4 is 21.3 Å². The van der Waals surface area contributed by atoms with Gasteiger partial charge >= 0.3 is 0 Å². The molecule has 2 aromatic rings. The summed E-state index contributed by atoms with van der Waals surface area (Å²) in [4.78, 5) is 0. The van der Waals surface area contributed by atoms with E-state index in [0.29, 0.717) is 11.5 Å². The highest BCUT2D eigenvalue weighted by molar-refractivity contribution is 5.44. The first-order chi connectivity index (χ1) is 23.5. The first kappa shape index (κ1) is 40.3. The lowest BCUT2D eigenvalue weighted by Gasteiger charge is -2.13. The molecule has 0 unspecified atom stereocenters. The van der Waals surface area contributed by atoms with Crippen molar-refractivity contribution in [3.05, 3.63) is 57.6 Å². The van der Waals surface area contributed by atoms with Crippen LogP contribution in [0.1, 0.15) is 162 Å². The monoisotopic (exact) mass is 665 g/mol. The fourth-order valence-electron chi connectivity index (χ4n) is 7.13. The molecule has 6 N–H and O–H groups in total. The Morgan fingerprint density at radius 2 is 0.521 bits per heavy atom. The lowest BCUT2D eigenvalue weighted by Crippen LogP contribution is -2.17. The molecule has 0 radical (unpaired) electrons. The molecule has 3 rings (SSSR count). The van der Waals surface area contributed by atoms with Gasteiger partial charge in [-0.3, -0.25) is 0 Å². The third-order valence-electron chi connectivity index (χ3n) is 10.0. The Balaban J connectivity index is 1.37. The Morgan fingerprint density at radius 3 is 0.729 bits per heavy atom. The zero-order valence-electron chi connectivity index (χ0n) is 31.0. The molecule has 0 saturated heterocycles. The molecular weight excluding hydrogens is 592 g/mol. The van der Waals surface area contributed by atoms with Crippen molar-refractivity contribution in [2.45, 2.75) is 168 Å². The maximum Gasteiger partial charge on any atom is 0.124 e. The highest BCUT2D eigenvalue weighted by atomic mass is 16.3. The van der Waals surface area contributed by atoms with Crippen molar-refractivity contribution in [1.82, 2.24) is 21.3 Å². The van der Waals surface area contributed by atoms with Gasteiger partial charge in [-0.1, -0.05) is 138 Å². The van der Waals surface area contributed by atoms with Gasteiger partial charge in [-0.15, -0.1) is 0 Å². The summed E-state index contributed by atoms with van der Waals surface area (Å²) in [6, 6.07) is 8.52. The van der Waals surface area contributed by atoms with Crippen LogP contribution >= 0.6 is 0 Å². The third-order valence-corrected chi connectivity index (χ3v) is 10.0. The number of hydrogen-bond acceptors (Lipinski definition) is 6. The molecule has 0 spiro atoms. The van der Waals surface area contributed by atoms with Gasteiger partial charge in [0.25, 0.3) is 0 Å². The molecule has 0 atom stereocenters. The van der Waals surface area contributed by atoms with Crippen LogP contribution in [0.5, 0.6) is 11.5 Å². The van der Waals surface area contributed by atoms with Gasteiger partial charge in [0, 0.05) is 48.4 Å². The zero-order chi connectivity index (χ0) is 34.1. The Morgan fingerprint density at radius 1 is 0.333 bits per heavy atom. The molecule has 272 valence electrons. The second-order valence-corrected chi connectivity index (χ2v) is 14.6. The fourth-order valence-corrected chi connectivity index (χ4v) is 7.13. The van der Waals surface area contributed by atoms with E-state index < -0.39 is 0 Å². The smallest absolute Gasteiger partial charge is 0.124 e. The Kier molecular flexibility index (Phi) is 21.7. The maximum atomic E-state index is 10.9. The van der Waals surface area contributed by atoms with Crippen molar-refractivity contribution in [1.29, 1.82) is 0 Å². The first-order valence-corrected chi connectivity index (χ1v) is 20.0. The van der Waals surface area contributed by atoms with Crippen LogP contribution in [0.25, 0.3) is 0 Å². The molecule has 0 fully saturated rings. The second-order valence-electron chi connectivity index (χ2n) is 14.6. The molecule has 48 heavy (non-hydrogen) atoms. The van der Waals surface area contributed by atoms with Crippen LogP contribution in [-0.4, -0.2) is 36.4 Å². The number of phenolic OH excluding ortho intramolecular Hbond substituents is 2. The number of rotatable bonds is 0. The SMILES string of the molecule is Cc1cc2c(O)c(c1)CNCCCCCCCCCCCCNCc1cc(C)cc(c1O)CNCCCCCCCCCCCCNC2. The number of phenols is 2. The summed E-state index contributed by atoms with van der Waals surface area (Å²) in [5.74, 6) is 0.931. The summed E-state index contributed by atoms with van der Waals surface area (Å²) in [6.45, 7) is 11.3. The minimum absolute atomic E-state index is 0.465. The molecule has 0 amide bonds. The van der Waals surface area contributed by atoms with Crippen LogP contribution in [0.15, 0.2) is 24.3 Å². The average molecular weight is 665 g/mol. The lowest BCUT2D eigenvalue weighted by atomic mass is 10.0. The van der Waals surface area contributed by atoms with E-state index in [9.17, 15) is 10.2 Å². The predicted molar refractivity (Wildman–Crippen MR) is 205 cm³/mol. The molecule has 0 aromatic heterocycles. The van der Waals surface area contributed by atoms with Gasteiger partial charge in [0.05, 0.1) is 0 Å². The van der Waals surface area contributed by atoms with Gasteiger partial charge in [-0.05, 0) is 65.7 Å². The van der Waals surface area contributed by atoms with Crippen LogP contribution in [0.2, 0.25) is 0 Å². The van der Waals surface area contributed by atoms with Crippen molar-refractivity contribution in [2.75, 3.05) is 26.2 Å². The Bertz CT molecular complexity index is 955. The third kappa shape index (κ3) is 17.5. The highest BCUT2D eigenvalue weighted by Crippen LogP contribution is 2.26. The van der Waals surface area contributed by atoms with Gasteiger partial charge in [0.2, 0.25) is 0 Å². The van der Waals surface area contributed by atoms with E-state index in [1.165, 1.54) is 140 Å². The summed E-state index contributed by atoms with van der Waals surface area (Å²) in [7, 11) is 0. The molecule has 1 aliphatic heterocycles. The molecular formula is C42H72N4O2. The molecule has 4 bridgehead atoms. The van der Waals surface area contributed by atoms with Crippen molar-refractivity contribution in [3.8, 4) is 11.5 Å². The second kappa shape index (κ2) is 25.8. The quantitative estimate of drug-likeness (QED) is 0.168. The molecule has 6 heteroatoms. The fraction of sp³-hybridized carbons (Fsp3) is 0.714. The number of benzene rings is 2. The van der Waals surface area contributed by atoms with E-state index in [2.05, 4.69) is 59.4 Å². The van der Waals surface area contributed by atoms with Gasteiger partial charge in [-0.2, -0.15) is 0 Å². The number of aryl methyl sites for hydroxylation is 2. The molecule has 0 aliphatic carbocycles. The van der Waals surface area contributed by atoms with E-state index in [-0.39, 0.29) is 0 Å². The zero-order valence-corrected chi connectivity index (χ0v) is 31.0. The minimum atomic E-state index is 0.465. The van der Waals surface area contributed by atoms with Crippen LogP contribution in [0, 0.1) is 13.8 Å². The Labute approximate surface area is 294 Å². The van der Waals surface area contributed by atoms with Crippen LogP contribution in [0.3, 0.4) is 0 Å². The largest absolute Gasteiger partial charge is 0.507 e. The maximum absolute atomic E-state index is 10.9.